The zero-order valence-electron chi connectivity index (χ0n) is 8.27. The van der Waals surface area contributed by atoms with E-state index in [4.69, 9.17) is 5.73 Å². The van der Waals surface area contributed by atoms with E-state index in [0.29, 0.717) is 17.9 Å². The maximum atomic E-state index is 5.86. The van der Waals surface area contributed by atoms with Crippen LogP contribution in [0, 0.1) is 5.92 Å². The molecular weight excluding hydrogens is 162 g/mol. The van der Waals surface area contributed by atoms with Crippen LogP contribution < -0.4 is 5.73 Å². The van der Waals surface area contributed by atoms with E-state index in [1.807, 2.05) is 6.20 Å². The van der Waals surface area contributed by atoms with Crippen LogP contribution >= 0.6 is 0 Å². The Bertz CT molecular complexity index is 290. The van der Waals surface area contributed by atoms with Crippen molar-refractivity contribution in [2.24, 2.45) is 11.7 Å². The van der Waals surface area contributed by atoms with Gasteiger partial charge in [-0.1, -0.05) is 0 Å². The van der Waals surface area contributed by atoms with Crippen molar-refractivity contribution in [1.82, 2.24) is 9.78 Å². The van der Waals surface area contributed by atoms with Gasteiger partial charge in [-0.3, -0.25) is 4.68 Å². The molecule has 1 aromatic rings. The van der Waals surface area contributed by atoms with Gasteiger partial charge in [-0.15, -0.1) is 0 Å². The molecule has 2 N–H and O–H groups in total. The fourth-order valence-corrected chi connectivity index (χ4v) is 2.06. The highest BCUT2D eigenvalue weighted by atomic mass is 15.3. The fraction of sp³-hybridized carbons (Fsp3) is 0.700. The summed E-state index contributed by atoms with van der Waals surface area (Å²) in [6.45, 7) is 5.18. The molecule has 0 amide bonds. The molecule has 3 nitrogen and oxygen atoms in total. The molecule has 0 saturated heterocycles. The highest BCUT2D eigenvalue weighted by Gasteiger charge is 2.42. The molecule has 1 saturated carbocycles. The maximum absolute atomic E-state index is 5.86. The van der Waals surface area contributed by atoms with Gasteiger partial charge in [0.05, 0.1) is 0 Å². The minimum absolute atomic E-state index is 0.324. The monoisotopic (exact) mass is 179 g/mol. The summed E-state index contributed by atoms with van der Waals surface area (Å²) in [6.07, 6.45) is 3.12. The van der Waals surface area contributed by atoms with Crippen LogP contribution in [0.3, 0.4) is 0 Å². The summed E-state index contributed by atoms with van der Waals surface area (Å²) >= 11 is 0. The van der Waals surface area contributed by atoms with E-state index in [1.165, 1.54) is 12.1 Å². The Morgan fingerprint density at radius 1 is 1.77 bits per heavy atom. The average molecular weight is 179 g/mol. The van der Waals surface area contributed by atoms with E-state index < -0.39 is 0 Å². The number of nitrogens with zero attached hydrogens (tertiary/aromatic N) is 2. The number of aryl methyl sites for hydroxylation is 1. The molecule has 72 valence electrons. The zero-order valence-corrected chi connectivity index (χ0v) is 8.27. The van der Waals surface area contributed by atoms with Gasteiger partial charge in [0.15, 0.2) is 0 Å². The molecule has 13 heavy (non-hydrogen) atoms. The maximum Gasteiger partial charge on any atom is 0.0492 e. The van der Waals surface area contributed by atoms with Crippen molar-refractivity contribution in [2.75, 3.05) is 0 Å². The smallest absolute Gasteiger partial charge is 0.0492 e. The summed E-state index contributed by atoms with van der Waals surface area (Å²) in [7, 11) is 0. The lowest BCUT2D eigenvalue weighted by molar-refractivity contribution is 0.584. The van der Waals surface area contributed by atoms with Gasteiger partial charge in [0.1, 0.15) is 0 Å². The molecular formula is C10H17N3. The first-order valence-electron chi connectivity index (χ1n) is 5.01. The summed E-state index contributed by atoms with van der Waals surface area (Å²) in [5.41, 5.74) is 7.22. The van der Waals surface area contributed by atoms with E-state index >= 15 is 0 Å². The van der Waals surface area contributed by atoms with Crippen molar-refractivity contribution in [3.63, 3.8) is 0 Å². The van der Waals surface area contributed by atoms with Crippen LogP contribution in [0.1, 0.15) is 31.9 Å². The van der Waals surface area contributed by atoms with Gasteiger partial charge >= 0.3 is 0 Å². The van der Waals surface area contributed by atoms with Crippen molar-refractivity contribution in [3.8, 4) is 0 Å². The number of nitrogens with two attached hydrogens (primary N) is 1. The van der Waals surface area contributed by atoms with Gasteiger partial charge in [0.25, 0.3) is 0 Å². The van der Waals surface area contributed by atoms with Gasteiger partial charge in [0.2, 0.25) is 0 Å². The van der Waals surface area contributed by atoms with Crippen LogP contribution in [0.2, 0.25) is 0 Å². The second-order valence-electron chi connectivity index (χ2n) is 3.94. The van der Waals surface area contributed by atoms with Crippen molar-refractivity contribution in [1.29, 1.82) is 0 Å². The highest BCUT2D eigenvalue weighted by molar-refractivity contribution is 5.18. The normalized spacial score (nSPS) is 28.8. The third-order valence-electron chi connectivity index (χ3n) is 2.94. The molecule has 1 aliphatic carbocycles. The minimum atomic E-state index is 0.324. The molecule has 3 atom stereocenters. The van der Waals surface area contributed by atoms with Crippen LogP contribution in [0.4, 0.5) is 0 Å². The second kappa shape index (κ2) is 3.14. The second-order valence-corrected chi connectivity index (χ2v) is 3.94. The predicted octanol–water partition coefficient (Wildman–Crippen LogP) is 1.35. The summed E-state index contributed by atoms with van der Waals surface area (Å²) in [5, 5.41) is 4.27. The lowest BCUT2D eigenvalue weighted by Crippen LogP contribution is -2.18. The molecule has 3 unspecified atom stereocenters. The first-order chi connectivity index (χ1) is 6.24. The molecule has 1 heterocycles. The molecule has 2 rings (SSSR count). The van der Waals surface area contributed by atoms with Crippen molar-refractivity contribution in [2.45, 2.75) is 38.8 Å². The van der Waals surface area contributed by atoms with Crippen molar-refractivity contribution < 1.29 is 0 Å². The Labute approximate surface area is 78.9 Å². The van der Waals surface area contributed by atoms with E-state index in [0.717, 1.165) is 6.54 Å². The standard InChI is InChI=1S/C10H17N3/c1-3-13-10(4-5-12-13)9-6-8(9)7(2)11/h4-5,7-9H,3,6,11H2,1-2H3. The minimum Gasteiger partial charge on any atom is -0.328 e. The molecule has 0 aliphatic heterocycles. The van der Waals surface area contributed by atoms with E-state index in [2.05, 4.69) is 29.7 Å². The first-order valence-corrected chi connectivity index (χ1v) is 5.01. The van der Waals surface area contributed by atoms with Crippen LogP contribution in [0.25, 0.3) is 0 Å². The Hall–Kier alpha value is -0.830. The lowest BCUT2D eigenvalue weighted by Gasteiger charge is -2.05. The van der Waals surface area contributed by atoms with Crippen LogP contribution in [0.15, 0.2) is 12.3 Å². The van der Waals surface area contributed by atoms with Crippen molar-refractivity contribution >= 4 is 0 Å². The molecule has 0 spiro atoms. The number of aromatic nitrogens is 2. The summed E-state index contributed by atoms with van der Waals surface area (Å²) < 4.78 is 2.08. The third-order valence-corrected chi connectivity index (χ3v) is 2.94. The molecule has 1 aromatic heterocycles. The third kappa shape index (κ3) is 1.48. The molecule has 3 heteroatoms. The average Bonchev–Trinajstić information content (AvgIpc) is 2.77. The molecule has 0 radical (unpaired) electrons. The largest absolute Gasteiger partial charge is 0.328 e. The summed E-state index contributed by atoms with van der Waals surface area (Å²) in [5.74, 6) is 1.35. The number of hydrogen-bond donors (Lipinski definition) is 1. The predicted molar refractivity (Wildman–Crippen MR) is 52.4 cm³/mol. The zero-order chi connectivity index (χ0) is 9.42. The van der Waals surface area contributed by atoms with Crippen LogP contribution in [-0.2, 0) is 6.54 Å². The Morgan fingerprint density at radius 3 is 3.08 bits per heavy atom. The van der Waals surface area contributed by atoms with E-state index in [9.17, 15) is 0 Å². The quantitative estimate of drug-likeness (QED) is 0.761. The fourth-order valence-electron chi connectivity index (χ4n) is 2.06. The van der Waals surface area contributed by atoms with Crippen molar-refractivity contribution in [3.05, 3.63) is 18.0 Å². The van der Waals surface area contributed by atoms with E-state index in [1.54, 1.807) is 0 Å². The molecule has 1 fully saturated rings. The molecule has 0 bridgehead atoms. The summed E-state index contributed by atoms with van der Waals surface area (Å²) in [6, 6.07) is 2.45. The Morgan fingerprint density at radius 2 is 2.54 bits per heavy atom. The topological polar surface area (TPSA) is 43.8 Å². The van der Waals surface area contributed by atoms with Gasteiger partial charge in [-0.2, -0.15) is 5.10 Å². The van der Waals surface area contributed by atoms with Gasteiger partial charge in [0, 0.05) is 30.4 Å². The van der Waals surface area contributed by atoms with Crippen LogP contribution in [0.5, 0.6) is 0 Å². The molecule has 1 aliphatic rings. The van der Waals surface area contributed by atoms with Gasteiger partial charge in [-0.05, 0) is 32.3 Å². The van der Waals surface area contributed by atoms with Gasteiger partial charge in [-0.25, -0.2) is 0 Å². The first kappa shape index (κ1) is 8.75. The number of rotatable bonds is 3. The van der Waals surface area contributed by atoms with Gasteiger partial charge < -0.3 is 5.73 Å². The SMILES string of the molecule is CCn1nccc1C1CC1C(C)N. The number of hydrogen-bond acceptors (Lipinski definition) is 2. The van der Waals surface area contributed by atoms with Crippen LogP contribution in [-0.4, -0.2) is 15.8 Å². The lowest BCUT2D eigenvalue weighted by atomic mass is 10.1. The highest BCUT2D eigenvalue weighted by Crippen LogP contribution is 2.48. The van der Waals surface area contributed by atoms with E-state index in [-0.39, 0.29) is 0 Å². The Balaban J connectivity index is 2.11. The Kier molecular flexibility index (Phi) is 2.12. The molecule has 0 aromatic carbocycles. The summed E-state index contributed by atoms with van der Waals surface area (Å²) in [4.78, 5) is 0.